The van der Waals surface area contributed by atoms with Crippen LogP contribution in [-0.2, 0) is 9.53 Å². The van der Waals surface area contributed by atoms with Crippen molar-refractivity contribution < 1.29 is 9.53 Å². The number of H-pyrrole nitrogens is 2. The van der Waals surface area contributed by atoms with E-state index in [9.17, 15) is 4.79 Å². The molecule has 0 saturated carbocycles. The highest BCUT2D eigenvalue weighted by atomic mass is 16.5. The van der Waals surface area contributed by atoms with Gasteiger partial charge in [0.05, 0.1) is 29.9 Å². The number of fused-ring (bicyclic) bond motifs is 1. The fraction of sp³-hybridized carbons (Fsp3) is 0.333. The molecule has 2 atom stereocenters. The third kappa shape index (κ3) is 2.92. The monoisotopic (exact) mass is 339 g/mol. The SMILES string of the molecule is NC[C@H](C(=O)Nc1cccc2c(-c3cn[nH]c3)c[nH]c12)C1CCOC1. The van der Waals surface area contributed by atoms with Crippen LogP contribution in [0.2, 0.25) is 0 Å². The number of nitrogens with two attached hydrogens (primary N) is 1. The molecular formula is C18H21N5O2. The lowest BCUT2D eigenvalue weighted by Crippen LogP contribution is -2.35. The Bertz CT molecular complexity index is 865. The van der Waals surface area contributed by atoms with Crippen molar-refractivity contribution in [3.8, 4) is 11.1 Å². The van der Waals surface area contributed by atoms with E-state index >= 15 is 0 Å². The molecule has 1 aliphatic rings. The number of rotatable bonds is 5. The highest BCUT2D eigenvalue weighted by molar-refractivity contribution is 6.06. The van der Waals surface area contributed by atoms with Gasteiger partial charge in [-0.1, -0.05) is 12.1 Å². The quantitative estimate of drug-likeness (QED) is 0.571. The van der Waals surface area contributed by atoms with Crippen molar-refractivity contribution in [2.24, 2.45) is 17.6 Å². The fourth-order valence-electron chi connectivity index (χ4n) is 3.50. The Labute approximate surface area is 144 Å². The van der Waals surface area contributed by atoms with Gasteiger partial charge in [-0.3, -0.25) is 9.89 Å². The van der Waals surface area contributed by atoms with Gasteiger partial charge in [0.15, 0.2) is 0 Å². The number of nitrogens with one attached hydrogen (secondary N) is 3. The van der Waals surface area contributed by atoms with Crippen LogP contribution in [0.5, 0.6) is 0 Å². The third-order valence-corrected chi connectivity index (χ3v) is 4.91. The summed E-state index contributed by atoms with van der Waals surface area (Å²) < 4.78 is 5.40. The third-order valence-electron chi connectivity index (χ3n) is 4.91. The molecule has 0 aliphatic carbocycles. The molecule has 1 unspecified atom stereocenters. The first-order valence-corrected chi connectivity index (χ1v) is 8.46. The Kier molecular flexibility index (Phi) is 4.25. The van der Waals surface area contributed by atoms with E-state index in [4.69, 9.17) is 10.5 Å². The summed E-state index contributed by atoms with van der Waals surface area (Å²) in [6.07, 6.45) is 6.43. The Morgan fingerprint density at radius 2 is 2.36 bits per heavy atom. The molecule has 4 rings (SSSR count). The summed E-state index contributed by atoms with van der Waals surface area (Å²) in [5, 5.41) is 10.9. The largest absolute Gasteiger partial charge is 0.381 e. The molecule has 0 bridgehead atoms. The standard InChI is InChI=1S/C18H21N5O2/c19-6-14(11-4-5-25-10-11)18(24)23-16-3-1-2-13-15(9-20-17(13)16)12-7-21-22-8-12/h1-3,7-9,11,14,20H,4-6,10,19H2,(H,21,22)(H,23,24)/t11?,14-/m0/s1. The maximum Gasteiger partial charge on any atom is 0.229 e. The molecule has 1 fully saturated rings. The molecule has 1 amide bonds. The molecule has 7 nitrogen and oxygen atoms in total. The van der Waals surface area contributed by atoms with Crippen LogP contribution in [0.1, 0.15) is 6.42 Å². The number of amides is 1. The van der Waals surface area contributed by atoms with Crippen molar-refractivity contribution in [3.63, 3.8) is 0 Å². The van der Waals surface area contributed by atoms with Gasteiger partial charge < -0.3 is 20.8 Å². The van der Waals surface area contributed by atoms with Gasteiger partial charge in [-0.25, -0.2) is 0 Å². The van der Waals surface area contributed by atoms with E-state index in [1.807, 2.05) is 30.6 Å². The zero-order valence-corrected chi connectivity index (χ0v) is 13.8. The molecule has 3 heterocycles. The van der Waals surface area contributed by atoms with Gasteiger partial charge in [0.25, 0.3) is 0 Å². The Morgan fingerprint density at radius 3 is 3.08 bits per heavy atom. The van der Waals surface area contributed by atoms with Gasteiger partial charge in [-0.05, 0) is 18.4 Å². The van der Waals surface area contributed by atoms with Crippen molar-refractivity contribution in [1.82, 2.24) is 15.2 Å². The number of carbonyl (C=O) groups excluding carboxylic acids is 1. The van der Waals surface area contributed by atoms with E-state index in [1.165, 1.54) is 0 Å². The topological polar surface area (TPSA) is 109 Å². The average molecular weight is 339 g/mol. The average Bonchev–Trinajstić information content (AvgIpc) is 3.37. The second kappa shape index (κ2) is 6.70. The van der Waals surface area contributed by atoms with Crippen LogP contribution in [0.15, 0.2) is 36.8 Å². The number of hydrogen-bond acceptors (Lipinski definition) is 4. The Morgan fingerprint density at radius 1 is 1.44 bits per heavy atom. The number of benzene rings is 1. The zero-order chi connectivity index (χ0) is 17.2. The van der Waals surface area contributed by atoms with Crippen LogP contribution in [0.25, 0.3) is 22.0 Å². The summed E-state index contributed by atoms with van der Waals surface area (Å²) in [4.78, 5) is 16.0. The minimum absolute atomic E-state index is 0.0510. The lowest BCUT2D eigenvalue weighted by molar-refractivity contribution is -0.121. The number of carbonyl (C=O) groups is 1. The lowest BCUT2D eigenvalue weighted by atomic mass is 9.91. The zero-order valence-electron chi connectivity index (χ0n) is 13.8. The summed E-state index contributed by atoms with van der Waals surface area (Å²) in [7, 11) is 0. The van der Waals surface area contributed by atoms with E-state index in [-0.39, 0.29) is 17.7 Å². The van der Waals surface area contributed by atoms with Crippen LogP contribution in [0, 0.1) is 11.8 Å². The van der Waals surface area contributed by atoms with Crippen LogP contribution in [0.3, 0.4) is 0 Å². The molecule has 1 aliphatic heterocycles. The highest BCUT2D eigenvalue weighted by Crippen LogP contribution is 2.32. The number of hydrogen-bond donors (Lipinski definition) is 4. The van der Waals surface area contributed by atoms with Gasteiger partial charge in [0.1, 0.15) is 0 Å². The first kappa shape index (κ1) is 15.9. The van der Waals surface area contributed by atoms with Crippen molar-refractivity contribution in [1.29, 1.82) is 0 Å². The lowest BCUT2D eigenvalue weighted by Gasteiger charge is -2.20. The maximum absolute atomic E-state index is 12.7. The van der Waals surface area contributed by atoms with E-state index in [1.54, 1.807) is 6.20 Å². The van der Waals surface area contributed by atoms with Crippen molar-refractivity contribution in [2.75, 3.05) is 25.1 Å². The molecule has 1 saturated heterocycles. The van der Waals surface area contributed by atoms with Gasteiger partial charge in [0.2, 0.25) is 5.91 Å². The fourth-order valence-corrected chi connectivity index (χ4v) is 3.50. The summed E-state index contributed by atoms with van der Waals surface area (Å²) in [5.41, 5.74) is 9.55. The van der Waals surface area contributed by atoms with Gasteiger partial charge in [-0.15, -0.1) is 0 Å². The Balaban J connectivity index is 1.62. The molecular weight excluding hydrogens is 318 g/mol. The molecule has 130 valence electrons. The van der Waals surface area contributed by atoms with Gasteiger partial charge in [0, 0.05) is 42.1 Å². The second-order valence-corrected chi connectivity index (χ2v) is 6.37. The van der Waals surface area contributed by atoms with Crippen molar-refractivity contribution in [2.45, 2.75) is 6.42 Å². The van der Waals surface area contributed by atoms with E-state index < -0.39 is 0 Å². The number of ether oxygens (including phenoxy) is 1. The predicted octanol–water partition coefficient (Wildman–Crippen LogP) is 2.11. The smallest absolute Gasteiger partial charge is 0.229 e. The number of para-hydroxylation sites is 1. The van der Waals surface area contributed by atoms with E-state index in [0.29, 0.717) is 19.8 Å². The number of nitrogens with zero attached hydrogens (tertiary/aromatic N) is 1. The van der Waals surface area contributed by atoms with Crippen molar-refractivity contribution in [3.05, 3.63) is 36.8 Å². The van der Waals surface area contributed by atoms with Crippen LogP contribution >= 0.6 is 0 Å². The molecule has 25 heavy (non-hydrogen) atoms. The summed E-state index contributed by atoms with van der Waals surface area (Å²) in [6.45, 7) is 1.63. The van der Waals surface area contributed by atoms with E-state index in [0.717, 1.165) is 34.1 Å². The van der Waals surface area contributed by atoms with Crippen LogP contribution in [0.4, 0.5) is 5.69 Å². The van der Waals surface area contributed by atoms with Crippen LogP contribution in [-0.4, -0.2) is 40.8 Å². The minimum atomic E-state index is -0.235. The summed E-state index contributed by atoms with van der Waals surface area (Å²) in [5.74, 6) is -0.0969. The van der Waals surface area contributed by atoms with Gasteiger partial charge >= 0.3 is 0 Å². The second-order valence-electron chi connectivity index (χ2n) is 6.37. The normalized spacial score (nSPS) is 18.5. The predicted molar refractivity (Wildman–Crippen MR) is 96.0 cm³/mol. The number of anilines is 1. The minimum Gasteiger partial charge on any atom is -0.381 e. The summed E-state index contributed by atoms with van der Waals surface area (Å²) in [6, 6.07) is 5.86. The molecule has 5 N–H and O–H groups in total. The molecule has 3 aromatic rings. The van der Waals surface area contributed by atoms with E-state index in [2.05, 4.69) is 20.5 Å². The summed E-state index contributed by atoms with van der Waals surface area (Å²) >= 11 is 0. The Hall–Kier alpha value is -2.64. The van der Waals surface area contributed by atoms with Gasteiger partial charge in [-0.2, -0.15) is 5.10 Å². The number of aromatic amines is 2. The molecule has 0 radical (unpaired) electrons. The maximum atomic E-state index is 12.7. The molecule has 7 heteroatoms. The number of aromatic nitrogens is 3. The highest BCUT2D eigenvalue weighted by Gasteiger charge is 2.30. The van der Waals surface area contributed by atoms with Crippen LogP contribution < -0.4 is 11.1 Å². The molecule has 0 spiro atoms. The van der Waals surface area contributed by atoms with Crippen molar-refractivity contribution >= 4 is 22.5 Å². The first-order chi connectivity index (χ1) is 12.3. The molecule has 1 aromatic carbocycles. The molecule has 2 aromatic heterocycles. The first-order valence-electron chi connectivity index (χ1n) is 8.46.